The van der Waals surface area contributed by atoms with E-state index >= 15 is 0 Å². The molecule has 0 saturated carbocycles. The number of benzene rings is 1. The number of amides is 2. The third-order valence-electron chi connectivity index (χ3n) is 4.32. The first kappa shape index (κ1) is 18.7. The van der Waals surface area contributed by atoms with E-state index in [1.54, 1.807) is 48.2 Å². The van der Waals surface area contributed by atoms with Crippen LogP contribution in [0.2, 0.25) is 0 Å². The first-order valence-electron chi connectivity index (χ1n) is 8.51. The van der Waals surface area contributed by atoms with E-state index in [-0.39, 0.29) is 24.2 Å². The maximum atomic E-state index is 12.5. The molecule has 1 aromatic rings. The molecule has 0 aliphatic carbocycles. The Hall–Kier alpha value is -2.63. The number of nitrogens with one attached hydrogen (secondary N) is 1. The van der Waals surface area contributed by atoms with Gasteiger partial charge in [0.15, 0.2) is 0 Å². The number of aliphatic carboxylic acids is 1. The number of likely N-dealkylation sites (tertiary alicyclic amines) is 1. The predicted molar refractivity (Wildman–Crippen MR) is 94.1 cm³/mol. The van der Waals surface area contributed by atoms with Crippen LogP contribution in [0.25, 0.3) is 0 Å². The molecule has 6 nitrogen and oxygen atoms in total. The minimum Gasteiger partial charge on any atom is -0.480 e. The first-order chi connectivity index (χ1) is 12.0. The Balaban J connectivity index is 1.98. The second-order valence-electron chi connectivity index (χ2n) is 6.16. The van der Waals surface area contributed by atoms with Crippen molar-refractivity contribution in [2.75, 3.05) is 13.1 Å². The van der Waals surface area contributed by atoms with Crippen LogP contribution in [-0.2, 0) is 9.59 Å². The maximum absolute atomic E-state index is 12.5. The Morgan fingerprint density at radius 3 is 2.68 bits per heavy atom. The number of allylic oxidation sites excluding steroid dienone is 1. The molecule has 2 N–H and O–H groups in total. The molecule has 0 aromatic heterocycles. The van der Waals surface area contributed by atoms with Crippen LogP contribution in [0, 0.1) is 5.92 Å². The summed E-state index contributed by atoms with van der Waals surface area (Å²) in [6.07, 6.45) is 5.09. The number of nitrogens with zero attached hydrogens (tertiary/aromatic N) is 1. The molecule has 2 amide bonds. The highest BCUT2D eigenvalue weighted by atomic mass is 16.4. The zero-order valence-electron chi connectivity index (χ0n) is 14.4. The lowest BCUT2D eigenvalue weighted by Crippen LogP contribution is -2.49. The zero-order valence-corrected chi connectivity index (χ0v) is 14.4. The van der Waals surface area contributed by atoms with Crippen LogP contribution in [-0.4, -0.2) is 46.9 Å². The average Bonchev–Trinajstić information content (AvgIpc) is 2.64. The topological polar surface area (TPSA) is 86.7 Å². The molecule has 1 saturated heterocycles. The lowest BCUT2D eigenvalue weighted by Gasteiger charge is -2.32. The van der Waals surface area contributed by atoms with E-state index in [0.29, 0.717) is 25.1 Å². The number of carbonyl (C=O) groups excluding carboxylic acids is 2. The van der Waals surface area contributed by atoms with Crippen molar-refractivity contribution in [3.05, 3.63) is 48.0 Å². The molecule has 2 atom stereocenters. The quantitative estimate of drug-likeness (QED) is 0.774. The van der Waals surface area contributed by atoms with Crippen LogP contribution < -0.4 is 5.32 Å². The Kier molecular flexibility index (Phi) is 6.74. The van der Waals surface area contributed by atoms with Crippen LogP contribution in [0.4, 0.5) is 0 Å². The molecule has 1 fully saturated rings. The Morgan fingerprint density at radius 1 is 1.32 bits per heavy atom. The van der Waals surface area contributed by atoms with Crippen molar-refractivity contribution < 1.29 is 19.5 Å². The fourth-order valence-corrected chi connectivity index (χ4v) is 2.92. The van der Waals surface area contributed by atoms with Crippen LogP contribution in [0.5, 0.6) is 0 Å². The average molecular weight is 344 g/mol. The fourth-order valence-electron chi connectivity index (χ4n) is 2.92. The van der Waals surface area contributed by atoms with Gasteiger partial charge in [-0.15, -0.1) is 0 Å². The van der Waals surface area contributed by atoms with Gasteiger partial charge >= 0.3 is 5.97 Å². The van der Waals surface area contributed by atoms with Crippen molar-refractivity contribution in [3.63, 3.8) is 0 Å². The molecule has 1 heterocycles. The predicted octanol–water partition coefficient (Wildman–Crippen LogP) is 2.07. The third kappa shape index (κ3) is 5.17. The van der Waals surface area contributed by atoms with E-state index in [4.69, 9.17) is 0 Å². The first-order valence-corrected chi connectivity index (χ1v) is 8.51. The summed E-state index contributed by atoms with van der Waals surface area (Å²) in [7, 11) is 0. The maximum Gasteiger partial charge on any atom is 0.326 e. The van der Waals surface area contributed by atoms with Crippen molar-refractivity contribution in [2.45, 2.75) is 32.2 Å². The van der Waals surface area contributed by atoms with Gasteiger partial charge in [-0.25, -0.2) is 4.79 Å². The molecule has 6 heteroatoms. The number of hydrogen-bond donors (Lipinski definition) is 2. The van der Waals surface area contributed by atoms with Gasteiger partial charge in [-0.2, -0.15) is 0 Å². The monoisotopic (exact) mass is 344 g/mol. The van der Waals surface area contributed by atoms with Gasteiger partial charge in [-0.1, -0.05) is 30.4 Å². The number of piperidine rings is 1. The highest BCUT2D eigenvalue weighted by molar-refractivity contribution is 5.94. The van der Waals surface area contributed by atoms with Crippen LogP contribution in [0.1, 0.15) is 36.5 Å². The number of carboxylic acid groups (broad SMARTS) is 1. The summed E-state index contributed by atoms with van der Waals surface area (Å²) in [6.45, 7) is 2.73. The Morgan fingerprint density at radius 2 is 2.04 bits per heavy atom. The number of hydrogen-bond acceptors (Lipinski definition) is 3. The van der Waals surface area contributed by atoms with Gasteiger partial charge in [0.05, 0.1) is 5.92 Å². The van der Waals surface area contributed by atoms with Gasteiger partial charge in [-0.3, -0.25) is 9.59 Å². The highest BCUT2D eigenvalue weighted by Gasteiger charge is 2.30. The van der Waals surface area contributed by atoms with Crippen molar-refractivity contribution in [1.82, 2.24) is 10.2 Å². The molecule has 2 rings (SSSR count). The molecule has 1 aromatic carbocycles. The molecule has 25 heavy (non-hydrogen) atoms. The Labute approximate surface area is 147 Å². The number of carbonyl (C=O) groups is 3. The normalized spacial score (nSPS) is 18.8. The van der Waals surface area contributed by atoms with Crippen molar-refractivity contribution >= 4 is 17.8 Å². The van der Waals surface area contributed by atoms with Gasteiger partial charge in [0.25, 0.3) is 5.91 Å². The summed E-state index contributed by atoms with van der Waals surface area (Å²) in [5, 5.41) is 11.8. The molecule has 0 radical (unpaired) electrons. The minimum absolute atomic E-state index is 0.0956. The van der Waals surface area contributed by atoms with Crippen molar-refractivity contribution in [3.8, 4) is 0 Å². The van der Waals surface area contributed by atoms with Gasteiger partial charge in [-0.05, 0) is 38.3 Å². The largest absolute Gasteiger partial charge is 0.480 e. The van der Waals surface area contributed by atoms with Crippen LogP contribution in [0.3, 0.4) is 0 Å². The molecule has 1 aliphatic heterocycles. The van der Waals surface area contributed by atoms with E-state index in [1.165, 1.54) is 0 Å². The van der Waals surface area contributed by atoms with Crippen LogP contribution >= 0.6 is 0 Å². The second-order valence-corrected chi connectivity index (χ2v) is 6.16. The van der Waals surface area contributed by atoms with Crippen molar-refractivity contribution in [1.29, 1.82) is 0 Å². The van der Waals surface area contributed by atoms with Crippen molar-refractivity contribution in [2.24, 2.45) is 5.92 Å². The lowest BCUT2D eigenvalue weighted by atomic mass is 9.96. The molecular weight excluding hydrogens is 320 g/mol. The van der Waals surface area contributed by atoms with Gasteiger partial charge in [0.2, 0.25) is 5.91 Å². The van der Waals surface area contributed by atoms with E-state index in [9.17, 15) is 19.5 Å². The van der Waals surface area contributed by atoms with Crippen LogP contribution in [0.15, 0.2) is 42.5 Å². The zero-order chi connectivity index (χ0) is 18.2. The third-order valence-corrected chi connectivity index (χ3v) is 4.32. The molecular formula is C19H24N2O4. The molecule has 134 valence electrons. The smallest absolute Gasteiger partial charge is 0.326 e. The molecule has 0 spiro atoms. The van der Waals surface area contributed by atoms with E-state index < -0.39 is 12.0 Å². The van der Waals surface area contributed by atoms with E-state index in [0.717, 1.165) is 6.42 Å². The summed E-state index contributed by atoms with van der Waals surface area (Å²) in [5.74, 6) is -1.84. The lowest BCUT2D eigenvalue weighted by molar-refractivity contribution is -0.142. The second kappa shape index (κ2) is 9.01. The highest BCUT2D eigenvalue weighted by Crippen LogP contribution is 2.19. The molecule has 2 unspecified atom stereocenters. The van der Waals surface area contributed by atoms with Gasteiger partial charge in [0, 0.05) is 18.7 Å². The fraction of sp³-hybridized carbons (Fsp3) is 0.421. The standard InChI is InChI=1S/C19H24N2O4/c1-2-3-11-16(19(24)25)20-17(22)15-10-7-12-21(13-15)18(23)14-8-5-4-6-9-14/h2-6,8-9,15-16H,7,10-13H2,1H3,(H,20,22)(H,24,25)/b3-2+. The molecule has 0 bridgehead atoms. The summed E-state index contributed by atoms with van der Waals surface area (Å²) in [6, 6.07) is 8.02. The van der Waals surface area contributed by atoms with E-state index in [1.807, 2.05) is 6.07 Å². The summed E-state index contributed by atoms with van der Waals surface area (Å²) >= 11 is 0. The Bertz CT molecular complexity index is 642. The number of carboxylic acids is 1. The minimum atomic E-state index is -1.06. The van der Waals surface area contributed by atoms with E-state index in [2.05, 4.69) is 5.32 Å². The molecule has 1 aliphatic rings. The van der Waals surface area contributed by atoms with Gasteiger partial charge < -0.3 is 15.3 Å². The summed E-state index contributed by atoms with van der Waals surface area (Å²) in [5.41, 5.74) is 0.597. The number of rotatable bonds is 6. The SMILES string of the molecule is C/C=C/CC(NC(=O)C1CCCN(C(=O)c2ccccc2)C1)C(=O)O. The summed E-state index contributed by atoms with van der Waals surface area (Å²) in [4.78, 5) is 37.9. The van der Waals surface area contributed by atoms with Gasteiger partial charge in [0.1, 0.15) is 6.04 Å². The summed E-state index contributed by atoms with van der Waals surface area (Å²) < 4.78 is 0.